The van der Waals surface area contributed by atoms with E-state index in [1.807, 2.05) is 66.7 Å². The van der Waals surface area contributed by atoms with Crippen LogP contribution in [-0.4, -0.2) is 48.9 Å². The summed E-state index contributed by atoms with van der Waals surface area (Å²) < 4.78 is 5.83. The van der Waals surface area contributed by atoms with Crippen LogP contribution in [0.1, 0.15) is 25.3 Å². The van der Waals surface area contributed by atoms with Crippen LogP contribution in [0.25, 0.3) is 0 Å². The number of unbranched alkanes of at least 4 members (excludes halogenated alkanes) is 1. The Hall–Kier alpha value is -3.34. The van der Waals surface area contributed by atoms with Gasteiger partial charge in [0.15, 0.2) is 5.78 Å². The van der Waals surface area contributed by atoms with Crippen LogP contribution < -0.4 is 15.0 Å². The van der Waals surface area contributed by atoms with Crippen molar-refractivity contribution in [3.63, 3.8) is 0 Å². The van der Waals surface area contributed by atoms with Crippen LogP contribution >= 0.6 is 35.3 Å². The molecule has 0 atom stereocenters. The molecule has 5 rings (SSSR count). The fourth-order valence-electron chi connectivity index (χ4n) is 4.86. The van der Waals surface area contributed by atoms with Gasteiger partial charge in [-0.2, -0.15) is 0 Å². The Bertz CT molecular complexity index is 1610. The third-order valence-corrected chi connectivity index (χ3v) is 10.4. The van der Waals surface area contributed by atoms with Crippen LogP contribution in [0.4, 0.5) is 11.4 Å². The second-order valence-corrected chi connectivity index (χ2v) is 13.6. The van der Waals surface area contributed by atoms with Gasteiger partial charge in [0, 0.05) is 55.3 Å². The summed E-state index contributed by atoms with van der Waals surface area (Å²) in [6.45, 7) is 8.08. The summed E-state index contributed by atoms with van der Waals surface area (Å²) in [5.41, 5.74) is 4.42. The largest absolute Gasteiger partial charge is 0.494 e. The highest BCUT2D eigenvalue weighted by Gasteiger charge is 2.35. The van der Waals surface area contributed by atoms with Crippen LogP contribution in [0, 0.1) is 0 Å². The summed E-state index contributed by atoms with van der Waals surface area (Å²) in [5.74, 6) is 1.55. The third-order valence-electron chi connectivity index (χ3n) is 7.14. The molecule has 3 aromatic rings. The fraction of sp³-hybridized carbons (Fsp3) is 0.250. The van der Waals surface area contributed by atoms with Gasteiger partial charge in [-0.25, -0.2) is 0 Å². The average molecular weight is 659 g/mol. The molecule has 1 aliphatic heterocycles. The number of rotatable bonds is 16. The topological polar surface area (TPSA) is 82.0 Å². The summed E-state index contributed by atoms with van der Waals surface area (Å²) >= 11 is 4.75. The lowest BCUT2D eigenvalue weighted by molar-refractivity contribution is -0.112. The standard InChI is InChI=1S/C36H38N2O4S3/c1-3-4-21-42-27-15-13-26(14-16-27)24-43-36-28(22-25(2)44-32-11-7-5-9-30(32)37-17-19-39)35(41)29(36)23-34-38(18-20-40)31-10-6-8-12-33(31)45-34/h5-16,22-23,37,39-40H,2-4,17-21,24H2,1H3/b28-22-,34-23+. The number of β-amino-alcohol motifs (C(OH)–C–C–N with tert-alkyl or cyclic N) is 1. The van der Waals surface area contributed by atoms with Gasteiger partial charge in [-0.3, -0.25) is 4.79 Å². The van der Waals surface area contributed by atoms with Crippen molar-refractivity contribution in [2.45, 2.75) is 35.3 Å². The van der Waals surface area contributed by atoms with E-state index in [9.17, 15) is 15.0 Å². The maximum Gasteiger partial charge on any atom is 0.195 e. The first-order valence-corrected chi connectivity index (χ1v) is 17.7. The first-order chi connectivity index (χ1) is 22.0. The van der Waals surface area contributed by atoms with E-state index in [1.54, 1.807) is 23.5 Å². The minimum Gasteiger partial charge on any atom is -0.494 e. The maximum atomic E-state index is 13.7. The van der Waals surface area contributed by atoms with Gasteiger partial charge in [0.25, 0.3) is 0 Å². The number of nitrogens with one attached hydrogen (secondary N) is 1. The number of aliphatic hydroxyl groups excluding tert-OH is 2. The Kier molecular flexibility index (Phi) is 12.0. The number of para-hydroxylation sites is 2. The van der Waals surface area contributed by atoms with Gasteiger partial charge in [0.1, 0.15) is 5.75 Å². The monoisotopic (exact) mass is 658 g/mol. The van der Waals surface area contributed by atoms with Crippen LogP contribution in [0.15, 0.2) is 127 Å². The molecular weight excluding hydrogens is 621 g/mol. The van der Waals surface area contributed by atoms with Gasteiger partial charge in [-0.1, -0.05) is 79.8 Å². The normalized spacial score (nSPS) is 15.9. The van der Waals surface area contributed by atoms with E-state index in [0.29, 0.717) is 36.6 Å². The molecule has 0 fully saturated rings. The number of anilines is 2. The molecule has 3 aromatic carbocycles. The molecule has 0 saturated carbocycles. The summed E-state index contributed by atoms with van der Waals surface area (Å²) in [5, 5.41) is 23.2. The number of benzene rings is 3. The van der Waals surface area contributed by atoms with Crippen molar-refractivity contribution in [1.82, 2.24) is 0 Å². The third kappa shape index (κ3) is 8.28. The minimum atomic E-state index is -0.0152. The lowest BCUT2D eigenvalue weighted by Crippen LogP contribution is -2.24. The van der Waals surface area contributed by atoms with E-state index in [-0.39, 0.29) is 19.0 Å². The van der Waals surface area contributed by atoms with Crippen molar-refractivity contribution in [3.05, 3.63) is 123 Å². The van der Waals surface area contributed by atoms with Crippen molar-refractivity contribution < 1.29 is 19.7 Å². The predicted molar refractivity (Wildman–Crippen MR) is 190 cm³/mol. The lowest BCUT2D eigenvalue weighted by Gasteiger charge is -2.26. The van der Waals surface area contributed by atoms with Crippen LogP contribution in [0.3, 0.4) is 0 Å². The molecular formula is C36H38N2O4S3. The predicted octanol–water partition coefficient (Wildman–Crippen LogP) is 8.02. The number of nitrogens with zero attached hydrogens (tertiary/aromatic N) is 1. The zero-order chi connectivity index (χ0) is 31.6. The number of hydrogen-bond acceptors (Lipinski definition) is 9. The molecule has 2 aliphatic rings. The van der Waals surface area contributed by atoms with Crippen molar-refractivity contribution in [3.8, 4) is 5.75 Å². The van der Waals surface area contributed by atoms with Gasteiger partial charge >= 0.3 is 0 Å². The quantitative estimate of drug-likeness (QED) is 0.0805. The number of thioether (sulfide) groups is 3. The summed E-state index contributed by atoms with van der Waals surface area (Å²) in [6, 6.07) is 24.1. The maximum absolute atomic E-state index is 13.7. The molecule has 0 saturated heterocycles. The van der Waals surface area contributed by atoms with Crippen molar-refractivity contribution in [2.75, 3.05) is 43.1 Å². The molecule has 3 N–H and O–H groups in total. The van der Waals surface area contributed by atoms with Crippen molar-refractivity contribution in [2.24, 2.45) is 0 Å². The van der Waals surface area contributed by atoms with Gasteiger partial charge in [0.2, 0.25) is 0 Å². The minimum absolute atomic E-state index is 0.00975. The molecule has 9 heteroatoms. The summed E-state index contributed by atoms with van der Waals surface area (Å²) in [4.78, 5) is 19.5. The van der Waals surface area contributed by atoms with E-state index in [2.05, 4.69) is 41.9 Å². The van der Waals surface area contributed by atoms with E-state index in [1.165, 1.54) is 11.8 Å². The SMILES string of the molecule is C=C(/C=C1/C(=O)C(/C=C2/Sc3ccccc3N2CCO)=C1SCc1ccc(OCCCC)cc1)Sc1ccccc1NCCO. The average Bonchev–Trinajstić information content (AvgIpc) is 3.41. The fourth-order valence-corrected chi connectivity index (χ4v) is 7.97. The zero-order valence-corrected chi connectivity index (χ0v) is 27.8. The van der Waals surface area contributed by atoms with Crippen LogP contribution in [-0.2, 0) is 10.5 Å². The first kappa shape index (κ1) is 33.0. The molecule has 45 heavy (non-hydrogen) atoms. The van der Waals surface area contributed by atoms with E-state index in [4.69, 9.17) is 4.74 Å². The zero-order valence-electron chi connectivity index (χ0n) is 25.3. The highest BCUT2D eigenvalue weighted by Crippen LogP contribution is 2.49. The molecule has 0 unspecified atom stereocenters. The van der Waals surface area contributed by atoms with E-state index >= 15 is 0 Å². The molecule has 234 valence electrons. The van der Waals surface area contributed by atoms with Crippen molar-refractivity contribution in [1.29, 1.82) is 0 Å². The molecule has 1 heterocycles. The molecule has 0 bridgehead atoms. The smallest absolute Gasteiger partial charge is 0.195 e. The van der Waals surface area contributed by atoms with Crippen LogP contribution in [0.2, 0.25) is 0 Å². The Morgan fingerprint density at radius 3 is 2.60 bits per heavy atom. The molecule has 0 spiro atoms. The molecule has 1 aliphatic carbocycles. The van der Waals surface area contributed by atoms with Crippen molar-refractivity contribution >= 4 is 52.4 Å². The summed E-state index contributed by atoms with van der Waals surface area (Å²) in [6.07, 6.45) is 5.97. The second kappa shape index (κ2) is 16.3. The number of carbonyl (C=O) groups is 1. The first-order valence-electron chi connectivity index (χ1n) is 15.1. The summed E-state index contributed by atoms with van der Waals surface area (Å²) in [7, 11) is 0. The molecule has 6 nitrogen and oxygen atoms in total. The molecule has 0 amide bonds. The number of ketones is 1. The number of allylic oxidation sites excluding steroid dienone is 4. The highest BCUT2D eigenvalue weighted by atomic mass is 32.2. The van der Waals surface area contributed by atoms with Gasteiger partial charge in [-0.05, 0) is 60.5 Å². The van der Waals surface area contributed by atoms with Gasteiger partial charge < -0.3 is 25.2 Å². The Labute approximate surface area is 278 Å². The number of fused-ring (bicyclic) bond motifs is 1. The molecule has 0 radical (unpaired) electrons. The van der Waals surface area contributed by atoms with Gasteiger partial charge in [-0.15, -0.1) is 11.8 Å². The number of carbonyl (C=O) groups excluding carboxylic acids is 1. The number of ether oxygens (including phenoxy) is 1. The Balaban J connectivity index is 1.41. The second-order valence-electron chi connectivity index (χ2n) is 10.4. The number of aliphatic hydroxyl groups is 2. The highest BCUT2D eigenvalue weighted by molar-refractivity contribution is 8.04. The number of hydrogen-bond donors (Lipinski definition) is 3. The Morgan fingerprint density at radius 1 is 1.04 bits per heavy atom. The number of Topliss-reactive ketones (excluding diaryl/α,β-unsaturated/α-hetero) is 1. The van der Waals surface area contributed by atoms with E-state index < -0.39 is 0 Å². The Morgan fingerprint density at radius 2 is 1.82 bits per heavy atom. The van der Waals surface area contributed by atoms with E-state index in [0.717, 1.165) is 60.2 Å². The molecule has 0 aromatic heterocycles. The lowest BCUT2D eigenvalue weighted by atomic mass is 9.89. The van der Waals surface area contributed by atoms with Crippen LogP contribution in [0.5, 0.6) is 5.75 Å². The van der Waals surface area contributed by atoms with Gasteiger partial charge in [0.05, 0.1) is 30.5 Å².